The van der Waals surface area contributed by atoms with Crippen LogP contribution in [0.3, 0.4) is 0 Å². The number of hydrogen-bond acceptors (Lipinski definition) is 3. The second-order valence-electron chi connectivity index (χ2n) is 5.18. The Bertz CT molecular complexity index is 558. The molecule has 1 N–H and O–H groups in total. The van der Waals surface area contributed by atoms with E-state index in [2.05, 4.69) is 22.8 Å². The van der Waals surface area contributed by atoms with Gasteiger partial charge in [-0.25, -0.2) is 0 Å². The standard InChI is InChI=1S/C16H20N2OS/c1-12-7-13(2)9-14(8-12)17-16(19)11-18(3)10-15-5-4-6-20-15/h4-9H,10-11H2,1-3H3,(H,17,19). The van der Waals surface area contributed by atoms with Gasteiger partial charge in [-0.3, -0.25) is 9.69 Å². The summed E-state index contributed by atoms with van der Waals surface area (Å²) in [6.07, 6.45) is 0. The number of likely N-dealkylation sites (N-methyl/N-ethyl adjacent to an activating group) is 1. The second kappa shape index (κ2) is 6.68. The van der Waals surface area contributed by atoms with Crippen molar-refractivity contribution < 1.29 is 4.79 Å². The van der Waals surface area contributed by atoms with E-state index in [0.29, 0.717) is 6.54 Å². The van der Waals surface area contributed by atoms with E-state index in [0.717, 1.165) is 23.4 Å². The van der Waals surface area contributed by atoms with Gasteiger partial charge in [-0.15, -0.1) is 11.3 Å². The lowest BCUT2D eigenvalue weighted by Gasteiger charge is -2.15. The Hall–Kier alpha value is -1.65. The molecule has 0 saturated carbocycles. The molecule has 0 aliphatic heterocycles. The van der Waals surface area contributed by atoms with Crippen molar-refractivity contribution >= 4 is 22.9 Å². The van der Waals surface area contributed by atoms with Gasteiger partial charge in [-0.1, -0.05) is 12.1 Å². The molecule has 0 atom stereocenters. The Balaban J connectivity index is 1.88. The summed E-state index contributed by atoms with van der Waals surface area (Å²) in [6, 6.07) is 10.2. The van der Waals surface area contributed by atoms with Gasteiger partial charge >= 0.3 is 0 Å². The van der Waals surface area contributed by atoms with Crippen molar-refractivity contribution in [2.24, 2.45) is 0 Å². The minimum Gasteiger partial charge on any atom is -0.325 e. The summed E-state index contributed by atoms with van der Waals surface area (Å²) in [5.41, 5.74) is 3.19. The van der Waals surface area contributed by atoms with Gasteiger partial charge in [0.25, 0.3) is 0 Å². The van der Waals surface area contributed by atoms with Crippen LogP contribution in [0.25, 0.3) is 0 Å². The highest BCUT2D eigenvalue weighted by Gasteiger charge is 2.08. The maximum atomic E-state index is 12.0. The van der Waals surface area contributed by atoms with Crippen molar-refractivity contribution in [2.45, 2.75) is 20.4 Å². The van der Waals surface area contributed by atoms with Crippen LogP contribution < -0.4 is 5.32 Å². The van der Waals surface area contributed by atoms with Crippen LogP contribution in [0, 0.1) is 13.8 Å². The normalized spacial score (nSPS) is 10.8. The minimum absolute atomic E-state index is 0.0223. The van der Waals surface area contributed by atoms with Crippen LogP contribution in [0.5, 0.6) is 0 Å². The molecular weight excluding hydrogens is 268 g/mol. The van der Waals surface area contributed by atoms with Gasteiger partial charge in [-0.05, 0) is 55.6 Å². The lowest BCUT2D eigenvalue weighted by molar-refractivity contribution is -0.117. The lowest BCUT2D eigenvalue weighted by Crippen LogP contribution is -2.29. The number of nitrogens with zero attached hydrogens (tertiary/aromatic N) is 1. The number of amides is 1. The van der Waals surface area contributed by atoms with Crippen molar-refractivity contribution in [2.75, 3.05) is 18.9 Å². The van der Waals surface area contributed by atoms with Crippen molar-refractivity contribution in [3.8, 4) is 0 Å². The quantitative estimate of drug-likeness (QED) is 0.914. The van der Waals surface area contributed by atoms with Crippen LogP contribution >= 0.6 is 11.3 Å². The van der Waals surface area contributed by atoms with Crippen LogP contribution in [-0.2, 0) is 11.3 Å². The fourth-order valence-corrected chi connectivity index (χ4v) is 3.00. The zero-order valence-corrected chi connectivity index (χ0v) is 13.0. The van der Waals surface area contributed by atoms with Crippen molar-refractivity contribution in [1.29, 1.82) is 0 Å². The Morgan fingerprint density at radius 2 is 1.95 bits per heavy atom. The smallest absolute Gasteiger partial charge is 0.238 e. The first kappa shape index (κ1) is 14.8. The van der Waals surface area contributed by atoms with Crippen molar-refractivity contribution in [1.82, 2.24) is 4.90 Å². The molecule has 1 aromatic carbocycles. The minimum atomic E-state index is 0.0223. The molecule has 0 bridgehead atoms. The molecule has 0 radical (unpaired) electrons. The molecule has 20 heavy (non-hydrogen) atoms. The summed E-state index contributed by atoms with van der Waals surface area (Å²) < 4.78 is 0. The molecule has 0 saturated heterocycles. The fourth-order valence-electron chi connectivity index (χ4n) is 2.22. The average Bonchev–Trinajstić information content (AvgIpc) is 2.79. The topological polar surface area (TPSA) is 32.3 Å². The SMILES string of the molecule is Cc1cc(C)cc(NC(=O)CN(C)Cc2cccs2)c1. The highest BCUT2D eigenvalue weighted by molar-refractivity contribution is 7.09. The molecule has 0 aliphatic rings. The van der Waals surface area contributed by atoms with Crippen LogP contribution in [0.2, 0.25) is 0 Å². The maximum absolute atomic E-state index is 12.0. The third-order valence-electron chi connectivity index (χ3n) is 2.92. The second-order valence-corrected chi connectivity index (χ2v) is 6.21. The van der Waals surface area contributed by atoms with Crippen molar-refractivity contribution in [3.05, 3.63) is 51.7 Å². The number of anilines is 1. The fraction of sp³-hybridized carbons (Fsp3) is 0.312. The number of aryl methyl sites for hydroxylation is 2. The van der Waals surface area contributed by atoms with E-state index < -0.39 is 0 Å². The average molecular weight is 288 g/mol. The zero-order valence-electron chi connectivity index (χ0n) is 12.1. The molecule has 0 fully saturated rings. The van der Waals surface area contributed by atoms with Crippen LogP contribution in [-0.4, -0.2) is 24.4 Å². The molecule has 2 rings (SSSR count). The molecule has 1 amide bonds. The molecule has 3 nitrogen and oxygen atoms in total. The highest BCUT2D eigenvalue weighted by Crippen LogP contribution is 2.14. The Morgan fingerprint density at radius 1 is 1.25 bits per heavy atom. The largest absolute Gasteiger partial charge is 0.325 e. The third kappa shape index (κ3) is 4.47. The van der Waals surface area contributed by atoms with Crippen molar-refractivity contribution in [3.63, 3.8) is 0 Å². The number of benzene rings is 1. The monoisotopic (exact) mass is 288 g/mol. The summed E-state index contributed by atoms with van der Waals surface area (Å²) in [4.78, 5) is 15.3. The van der Waals surface area contributed by atoms with Gasteiger partial charge in [0.1, 0.15) is 0 Å². The Morgan fingerprint density at radius 3 is 2.55 bits per heavy atom. The van der Waals surface area contributed by atoms with E-state index >= 15 is 0 Å². The molecule has 1 heterocycles. The van der Waals surface area contributed by atoms with Crippen LogP contribution in [0.4, 0.5) is 5.69 Å². The summed E-state index contributed by atoms with van der Waals surface area (Å²) in [5.74, 6) is 0.0223. The van der Waals surface area contributed by atoms with Gasteiger partial charge in [0.15, 0.2) is 0 Å². The lowest BCUT2D eigenvalue weighted by atomic mass is 10.1. The van der Waals surface area contributed by atoms with Gasteiger partial charge in [-0.2, -0.15) is 0 Å². The molecule has 0 unspecified atom stereocenters. The number of rotatable bonds is 5. The van der Waals surface area contributed by atoms with Gasteiger partial charge in [0.2, 0.25) is 5.91 Å². The van der Waals surface area contributed by atoms with E-state index in [9.17, 15) is 4.79 Å². The Kier molecular flexibility index (Phi) is 4.93. The van der Waals surface area contributed by atoms with E-state index in [-0.39, 0.29) is 5.91 Å². The predicted molar refractivity (Wildman–Crippen MR) is 85.2 cm³/mol. The zero-order chi connectivity index (χ0) is 14.5. The highest BCUT2D eigenvalue weighted by atomic mass is 32.1. The van der Waals surface area contributed by atoms with E-state index in [1.165, 1.54) is 4.88 Å². The van der Waals surface area contributed by atoms with E-state index in [1.54, 1.807) is 11.3 Å². The first-order valence-electron chi connectivity index (χ1n) is 6.62. The number of nitrogens with one attached hydrogen (secondary N) is 1. The Labute approximate surface area is 124 Å². The van der Waals surface area contributed by atoms with Gasteiger partial charge in [0.05, 0.1) is 6.54 Å². The van der Waals surface area contributed by atoms with Crippen LogP contribution in [0.1, 0.15) is 16.0 Å². The number of carbonyl (C=O) groups excluding carboxylic acids is 1. The van der Waals surface area contributed by atoms with E-state index in [1.807, 2.05) is 44.0 Å². The van der Waals surface area contributed by atoms with Gasteiger partial charge < -0.3 is 5.32 Å². The maximum Gasteiger partial charge on any atom is 0.238 e. The summed E-state index contributed by atoms with van der Waals surface area (Å²) in [7, 11) is 1.96. The molecule has 1 aromatic heterocycles. The predicted octanol–water partition coefficient (Wildman–Crippen LogP) is 3.44. The molecule has 106 valence electrons. The third-order valence-corrected chi connectivity index (χ3v) is 3.79. The molecule has 0 aliphatic carbocycles. The molecule has 2 aromatic rings. The van der Waals surface area contributed by atoms with E-state index in [4.69, 9.17) is 0 Å². The number of thiophene rings is 1. The summed E-state index contributed by atoms with van der Waals surface area (Å²) >= 11 is 1.71. The molecular formula is C16H20N2OS. The first-order chi connectivity index (χ1) is 9.52. The number of hydrogen-bond donors (Lipinski definition) is 1. The van der Waals surface area contributed by atoms with Crippen LogP contribution in [0.15, 0.2) is 35.7 Å². The molecule has 4 heteroatoms. The summed E-state index contributed by atoms with van der Waals surface area (Å²) in [5, 5.41) is 5.01. The number of carbonyl (C=O) groups is 1. The van der Waals surface area contributed by atoms with Gasteiger partial charge in [0, 0.05) is 17.1 Å². The summed E-state index contributed by atoms with van der Waals surface area (Å²) in [6.45, 7) is 5.26. The first-order valence-corrected chi connectivity index (χ1v) is 7.50. The molecule has 0 spiro atoms.